The minimum atomic E-state index is 0.632. The Morgan fingerprint density at radius 3 is 2.60 bits per heavy atom. The van der Waals surface area contributed by atoms with Gasteiger partial charge < -0.3 is 4.90 Å². The van der Waals surface area contributed by atoms with Crippen LogP contribution < -0.4 is 0 Å². The summed E-state index contributed by atoms with van der Waals surface area (Å²) in [4.78, 5) is 3.40. The summed E-state index contributed by atoms with van der Waals surface area (Å²) >= 11 is 3.82. The van der Waals surface area contributed by atoms with Crippen molar-refractivity contribution in [2.24, 2.45) is 11.3 Å². The minimum Gasteiger partial charge on any atom is -0.302 e. The molecule has 0 N–H and O–H groups in total. The van der Waals surface area contributed by atoms with Crippen molar-refractivity contribution in [2.45, 2.75) is 50.8 Å². The third-order valence-corrected chi connectivity index (χ3v) is 5.56. The normalized spacial score (nSPS) is 37.0. The molecule has 88 valence electrons. The SMILES string of the molecule is CC1CCN(CC2(C)CCCC2)CC1Br. The van der Waals surface area contributed by atoms with Gasteiger partial charge in [-0.2, -0.15) is 0 Å². The highest BCUT2D eigenvalue weighted by atomic mass is 79.9. The lowest BCUT2D eigenvalue weighted by Gasteiger charge is -2.39. The molecule has 2 unspecified atom stereocenters. The lowest BCUT2D eigenvalue weighted by atomic mass is 9.87. The fourth-order valence-electron chi connectivity index (χ4n) is 3.16. The second kappa shape index (κ2) is 4.75. The highest BCUT2D eigenvalue weighted by Crippen LogP contribution is 2.39. The van der Waals surface area contributed by atoms with Crippen molar-refractivity contribution < 1.29 is 0 Å². The van der Waals surface area contributed by atoms with E-state index in [1.165, 1.54) is 51.7 Å². The largest absolute Gasteiger partial charge is 0.302 e. The van der Waals surface area contributed by atoms with Gasteiger partial charge in [0.2, 0.25) is 0 Å². The van der Waals surface area contributed by atoms with Crippen molar-refractivity contribution in [1.82, 2.24) is 4.90 Å². The molecular formula is C13H24BrN. The smallest absolute Gasteiger partial charge is 0.0299 e. The zero-order valence-electron chi connectivity index (χ0n) is 10.1. The molecule has 0 spiro atoms. The fraction of sp³-hybridized carbons (Fsp3) is 1.00. The van der Waals surface area contributed by atoms with E-state index in [0.717, 1.165) is 10.7 Å². The summed E-state index contributed by atoms with van der Waals surface area (Å²) in [5.74, 6) is 0.859. The van der Waals surface area contributed by atoms with Crippen LogP contribution in [0.1, 0.15) is 46.0 Å². The molecule has 2 fully saturated rings. The lowest BCUT2D eigenvalue weighted by Crippen LogP contribution is -2.44. The van der Waals surface area contributed by atoms with E-state index in [9.17, 15) is 0 Å². The third-order valence-electron chi connectivity index (χ3n) is 4.37. The maximum Gasteiger partial charge on any atom is 0.0299 e. The van der Waals surface area contributed by atoms with Crippen molar-refractivity contribution >= 4 is 15.9 Å². The molecule has 2 aliphatic rings. The van der Waals surface area contributed by atoms with Crippen molar-refractivity contribution in [3.8, 4) is 0 Å². The number of likely N-dealkylation sites (tertiary alicyclic amines) is 1. The monoisotopic (exact) mass is 273 g/mol. The van der Waals surface area contributed by atoms with Gasteiger partial charge in [-0.3, -0.25) is 0 Å². The Hall–Kier alpha value is 0.440. The molecule has 1 aliphatic carbocycles. The molecule has 15 heavy (non-hydrogen) atoms. The van der Waals surface area contributed by atoms with Crippen LogP contribution in [0.25, 0.3) is 0 Å². The van der Waals surface area contributed by atoms with E-state index in [0.29, 0.717) is 5.41 Å². The number of alkyl halides is 1. The second-order valence-corrected chi connectivity index (χ2v) is 7.21. The summed E-state index contributed by atoms with van der Waals surface area (Å²) in [6.45, 7) is 8.77. The van der Waals surface area contributed by atoms with Crippen molar-refractivity contribution in [1.29, 1.82) is 0 Å². The van der Waals surface area contributed by atoms with Gasteiger partial charge in [-0.15, -0.1) is 0 Å². The summed E-state index contributed by atoms with van der Waals surface area (Å²) in [6.07, 6.45) is 7.18. The number of hydrogen-bond acceptors (Lipinski definition) is 1. The maximum atomic E-state index is 3.82. The van der Waals surface area contributed by atoms with Crippen LogP contribution in [0, 0.1) is 11.3 Å². The molecule has 1 saturated carbocycles. The number of nitrogens with zero attached hydrogens (tertiary/aromatic N) is 1. The van der Waals surface area contributed by atoms with Gasteiger partial charge in [0.05, 0.1) is 0 Å². The van der Waals surface area contributed by atoms with Crippen LogP contribution in [0.4, 0.5) is 0 Å². The van der Waals surface area contributed by atoms with E-state index in [1.807, 2.05) is 0 Å². The molecule has 2 atom stereocenters. The number of piperidine rings is 1. The molecule has 2 heteroatoms. The highest BCUT2D eigenvalue weighted by Gasteiger charge is 2.33. The summed E-state index contributed by atoms with van der Waals surface area (Å²) in [5.41, 5.74) is 0.632. The van der Waals surface area contributed by atoms with Crippen LogP contribution >= 0.6 is 15.9 Å². The quantitative estimate of drug-likeness (QED) is 0.694. The van der Waals surface area contributed by atoms with Crippen molar-refractivity contribution in [3.05, 3.63) is 0 Å². The zero-order valence-corrected chi connectivity index (χ0v) is 11.7. The first-order chi connectivity index (χ1) is 7.09. The summed E-state index contributed by atoms with van der Waals surface area (Å²) in [5, 5.41) is 0. The molecule has 0 amide bonds. The van der Waals surface area contributed by atoms with Crippen LogP contribution in [0.2, 0.25) is 0 Å². The van der Waals surface area contributed by atoms with E-state index in [4.69, 9.17) is 0 Å². The molecule has 0 aromatic heterocycles. The lowest BCUT2D eigenvalue weighted by molar-refractivity contribution is 0.131. The first kappa shape index (κ1) is 11.9. The third kappa shape index (κ3) is 2.97. The van der Waals surface area contributed by atoms with Crippen LogP contribution in [-0.2, 0) is 0 Å². The molecule has 0 aromatic carbocycles. The van der Waals surface area contributed by atoms with Gasteiger partial charge in [-0.1, -0.05) is 42.6 Å². The van der Waals surface area contributed by atoms with E-state index in [-0.39, 0.29) is 0 Å². The Balaban J connectivity index is 1.84. The number of halogens is 1. The molecule has 1 aliphatic heterocycles. The van der Waals surface area contributed by atoms with Crippen LogP contribution in [0.3, 0.4) is 0 Å². The van der Waals surface area contributed by atoms with Gasteiger partial charge in [-0.05, 0) is 37.1 Å². The molecule has 1 nitrogen and oxygen atoms in total. The Labute approximate surface area is 103 Å². The maximum absolute atomic E-state index is 3.82. The molecule has 2 rings (SSSR count). The van der Waals surface area contributed by atoms with Crippen LogP contribution in [-0.4, -0.2) is 29.4 Å². The van der Waals surface area contributed by atoms with Gasteiger partial charge in [0.25, 0.3) is 0 Å². The van der Waals surface area contributed by atoms with Crippen molar-refractivity contribution in [2.75, 3.05) is 19.6 Å². The average Bonchev–Trinajstić information content (AvgIpc) is 2.59. The standard InChI is InChI=1S/C13H24BrN/c1-11-5-8-15(9-12(11)14)10-13(2)6-3-4-7-13/h11-12H,3-10H2,1-2H3. The Morgan fingerprint density at radius 1 is 1.33 bits per heavy atom. The van der Waals surface area contributed by atoms with Gasteiger partial charge in [0.15, 0.2) is 0 Å². The summed E-state index contributed by atoms with van der Waals surface area (Å²) < 4.78 is 0. The van der Waals surface area contributed by atoms with Gasteiger partial charge >= 0.3 is 0 Å². The molecule has 0 aromatic rings. The van der Waals surface area contributed by atoms with E-state index >= 15 is 0 Å². The molecule has 0 bridgehead atoms. The highest BCUT2D eigenvalue weighted by molar-refractivity contribution is 9.09. The molecule has 0 radical (unpaired) electrons. The van der Waals surface area contributed by atoms with Gasteiger partial charge in [0, 0.05) is 17.9 Å². The molecule has 1 heterocycles. The zero-order chi connectivity index (χ0) is 10.9. The topological polar surface area (TPSA) is 3.24 Å². The van der Waals surface area contributed by atoms with E-state index in [2.05, 4.69) is 34.7 Å². The van der Waals surface area contributed by atoms with E-state index < -0.39 is 0 Å². The summed E-state index contributed by atoms with van der Waals surface area (Å²) in [6, 6.07) is 0. The van der Waals surface area contributed by atoms with Crippen LogP contribution in [0.5, 0.6) is 0 Å². The van der Waals surface area contributed by atoms with Gasteiger partial charge in [-0.25, -0.2) is 0 Å². The van der Waals surface area contributed by atoms with Gasteiger partial charge in [0.1, 0.15) is 0 Å². The molecular weight excluding hydrogens is 250 g/mol. The minimum absolute atomic E-state index is 0.632. The van der Waals surface area contributed by atoms with Crippen molar-refractivity contribution in [3.63, 3.8) is 0 Å². The average molecular weight is 274 g/mol. The first-order valence-electron chi connectivity index (χ1n) is 6.45. The first-order valence-corrected chi connectivity index (χ1v) is 7.37. The Bertz CT molecular complexity index is 211. The predicted octanol–water partition coefficient (Wildman–Crippen LogP) is 3.67. The number of rotatable bonds is 2. The Morgan fingerprint density at radius 2 is 2.00 bits per heavy atom. The summed E-state index contributed by atoms with van der Waals surface area (Å²) in [7, 11) is 0. The fourth-order valence-corrected chi connectivity index (χ4v) is 3.83. The van der Waals surface area contributed by atoms with Crippen LogP contribution in [0.15, 0.2) is 0 Å². The molecule has 1 saturated heterocycles. The number of hydrogen-bond donors (Lipinski definition) is 0. The predicted molar refractivity (Wildman–Crippen MR) is 69.5 cm³/mol. The Kier molecular flexibility index (Phi) is 3.77. The van der Waals surface area contributed by atoms with E-state index in [1.54, 1.807) is 0 Å². The second-order valence-electron chi connectivity index (χ2n) is 6.03.